The van der Waals surface area contributed by atoms with Crippen LogP contribution in [0.5, 0.6) is 0 Å². The number of nitrogens with zero attached hydrogens (tertiary/aromatic N) is 1. The minimum Gasteiger partial charge on any atom is -0.445 e. The van der Waals surface area contributed by atoms with E-state index in [1.165, 1.54) is 17.9 Å². The van der Waals surface area contributed by atoms with Gasteiger partial charge in [-0.15, -0.1) is 0 Å². The van der Waals surface area contributed by atoms with Gasteiger partial charge in [0.25, 0.3) is 5.56 Å². The summed E-state index contributed by atoms with van der Waals surface area (Å²) >= 11 is 0. The summed E-state index contributed by atoms with van der Waals surface area (Å²) in [4.78, 5) is 38.9. The average Bonchev–Trinajstić information content (AvgIpc) is 3.15. The number of aromatic nitrogens is 2. The van der Waals surface area contributed by atoms with E-state index < -0.39 is 48.4 Å². The molecule has 186 valence electrons. The van der Waals surface area contributed by atoms with Crippen LogP contribution >= 0.6 is 0 Å². The fraction of sp³-hybridized carbons (Fsp3) is 0.500. The zero-order valence-electron chi connectivity index (χ0n) is 18.7. The van der Waals surface area contributed by atoms with Crippen molar-refractivity contribution in [2.45, 2.75) is 37.6 Å². The Morgan fingerprint density at radius 2 is 2.00 bits per heavy atom. The first-order valence-electron chi connectivity index (χ1n) is 10.8. The van der Waals surface area contributed by atoms with Crippen molar-refractivity contribution in [3.63, 3.8) is 0 Å². The van der Waals surface area contributed by atoms with Crippen molar-refractivity contribution in [3.8, 4) is 0 Å². The summed E-state index contributed by atoms with van der Waals surface area (Å²) in [6.45, 7) is 0.100. The zero-order valence-corrected chi connectivity index (χ0v) is 18.7. The van der Waals surface area contributed by atoms with Gasteiger partial charge in [-0.3, -0.25) is 14.3 Å². The Hall–Kier alpha value is -3.03. The van der Waals surface area contributed by atoms with Crippen LogP contribution < -0.4 is 16.6 Å². The summed E-state index contributed by atoms with van der Waals surface area (Å²) in [7, 11) is 1.49. The van der Waals surface area contributed by atoms with Gasteiger partial charge in [0.15, 0.2) is 0 Å². The first-order valence-corrected chi connectivity index (χ1v) is 10.8. The number of alkyl carbamates (subject to hydrolysis) is 1. The summed E-state index contributed by atoms with van der Waals surface area (Å²) in [5.41, 5.74) is -0.500. The number of carbonyl (C=O) groups is 1. The molecule has 0 aliphatic carbocycles. The number of hydrogen-bond donors (Lipinski definition) is 4. The highest BCUT2D eigenvalue weighted by Crippen LogP contribution is 2.33. The molecule has 0 bridgehead atoms. The Kier molecular flexibility index (Phi) is 9.36. The number of amides is 1. The van der Waals surface area contributed by atoms with Gasteiger partial charge in [-0.2, -0.15) is 0 Å². The molecule has 1 saturated heterocycles. The normalized spacial score (nSPS) is 22.0. The van der Waals surface area contributed by atoms with E-state index in [-0.39, 0.29) is 38.5 Å². The molecule has 0 spiro atoms. The standard InChI is InChI=1S/C22H29N3O9/c1-31-9-10-32-19-17(27)16(12-26)34-18(19)15-11-25(21(29)24-20(15)28)8-7-23-22(30)33-13-14-5-3-2-4-6-14/h2-6,11,16-19,26-27H,7-10,12-13H2,1H3,(H,23,30)(H,24,28,29)/t16-,17-,18+,19-/m1/s1. The summed E-state index contributed by atoms with van der Waals surface area (Å²) in [5, 5.41) is 22.5. The molecule has 1 fully saturated rings. The molecule has 0 radical (unpaired) electrons. The van der Waals surface area contributed by atoms with Gasteiger partial charge >= 0.3 is 11.8 Å². The number of H-pyrrole nitrogens is 1. The predicted octanol–water partition coefficient (Wildman–Crippen LogP) is -0.712. The van der Waals surface area contributed by atoms with E-state index >= 15 is 0 Å². The van der Waals surface area contributed by atoms with Gasteiger partial charge < -0.3 is 34.5 Å². The molecule has 4 atom stereocenters. The van der Waals surface area contributed by atoms with Crippen LogP contribution in [0.25, 0.3) is 0 Å². The molecule has 2 heterocycles. The topological polar surface area (TPSA) is 161 Å². The smallest absolute Gasteiger partial charge is 0.407 e. The number of aromatic amines is 1. The third-order valence-electron chi connectivity index (χ3n) is 5.29. The van der Waals surface area contributed by atoms with Crippen LogP contribution in [0.3, 0.4) is 0 Å². The monoisotopic (exact) mass is 479 g/mol. The van der Waals surface area contributed by atoms with Crippen molar-refractivity contribution >= 4 is 6.09 Å². The minimum atomic E-state index is -1.19. The third kappa shape index (κ3) is 6.52. The number of carbonyl (C=O) groups excluding carboxylic acids is 1. The highest BCUT2D eigenvalue weighted by molar-refractivity contribution is 5.67. The molecule has 12 heteroatoms. The van der Waals surface area contributed by atoms with Gasteiger partial charge in [-0.25, -0.2) is 9.59 Å². The number of nitrogens with one attached hydrogen (secondary N) is 2. The van der Waals surface area contributed by atoms with Crippen molar-refractivity contribution in [2.75, 3.05) is 33.5 Å². The van der Waals surface area contributed by atoms with Crippen LogP contribution in [0.1, 0.15) is 17.2 Å². The van der Waals surface area contributed by atoms with E-state index in [9.17, 15) is 24.6 Å². The van der Waals surface area contributed by atoms with E-state index in [0.29, 0.717) is 0 Å². The van der Waals surface area contributed by atoms with Gasteiger partial charge in [-0.05, 0) is 5.56 Å². The molecule has 4 N–H and O–H groups in total. The second-order valence-electron chi connectivity index (χ2n) is 7.62. The van der Waals surface area contributed by atoms with Gasteiger partial charge in [0.1, 0.15) is 31.0 Å². The molecule has 1 amide bonds. The van der Waals surface area contributed by atoms with Gasteiger partial charge in [-0.1, -0.05) is 30.3 Å². The van der Waals surface area contributed by atoms with Crippen molar-refractivity contribution in [1.29, 1.82) is 0 Å². The molecule has 0 unspecified atom stereocenters. The van der Waals surface area contributed by atoms with E-state index in [1.54, 1.807) is 0 Å². The van der Waals surface area contributed by atoms with Crippen LogP contribution in [0, 0.1) is 0 Å². The molecular weight excluding hydrogens is 450 g/mol. The molecule has 1 aliphatic heterocycles. The predicted molar refractivity (Wildman–Crippen MR) is 118 cm³/mol. The molecule has 1 aliphatic rings. The lowest BCUT2D eigenvalue weighted by Crippen LogP contribution is -2.39. The second-order valence-corrected chi connectivity index (χ2v) is 7.62. The fourth-order valence-corrected chi connectivity index (χ4v) is 3.54. The van der Waals surface area contributed by atoms with Crippen LogP contribution in [0.2, 0.25) is 0 Å². The Balaban J connectivity index is 1.65. The molecule has 1 aromatic heterocycles. The summed E-state index contributed by atoms with van der Waals surface area (Å²) in [6.07, 6.45) is -3.48. The molecule has 3 rings (SSSR count). The van der Waals surface area contributed by atoms with E-state index in [4.69, 9.17) is 18.9 Å². The van der Waals surface area contributed by atoms with Gasteiger partial charge in [0, 0.05) is 26.4 Å². The lowest BCUT2D eigenvalue weighted by atomic mass is 10.0. The lowest BCUT2D eigenvalue weighted by Gasteiger charge is -2.21. The maximum Gasteiger partial charge on any atom is 0.407 e. The number of ether oxygens (including phenoxy) is 4. The number of hydrogen-bond acceptors (Lipinski definition) is 9. The largest absolute Gasteiger partial charge is 0.445 e. The lowest BCUT2D eigenvalue weighted by molar-refractivity contribution is -0.0536. The SMILES string of the molecule is COCCO[C@@H]1[C@H](O)[C@@H](CO)O[C@H]1c1cn(CCNC(=O)OCc2ccccc2)c(=O)[nH]c1=O. The fourth-order valence-electron chi connectivity index (χ4n) is 3.54. The Morgan fingerprint density at radius 1 is 1.24 bits per heavy atom. The van der Waals surface area contributed by atoms with Crippen LogP contribution in [-0.4, -0.2) is 77.6 Å². The van der Waals surface area contributed by atoms with E-state index in [2.05, 4.69) is 10.3 Å². The number of benzene rings is 1. The second kappa shape index (κ2) is 12.4. The zero-order chi connectivity index (χ0) is 24.5. The molecule has 1 aromatic carbocycles. The molecular formula is C22H29N3O9. The maximum atomic E-state index is 12.5. The molecule has 12 nitrogen and oxygen atoms in total. The van der Waals surface area contributed by atoms with Crippen LogP contribution in [0.4, 0.5) is 4.79 Å². The highest BCUT2D eigenvalue weighted by atomic mass is 16.6. The number of methoxy groups -OCH3 is 1. The van der Waals surface area contributed by atoms with Crippen molar-refractivity contribution < 1.29 is 34.0 Å². The number of aliphatic hydroxyl groups is 2. The quantitative estimate of drug-likeness (QED) is 0.305. The number of rotatable bonds is 11. The Bertz CT molecular complexity index is 1040. The maximum absolute atomic E-state index is 12.5. The Morgan fingerprint density at radius 3 is 2.71 bits per heavy atom. The van der Waals surface area contributed by atoms with Gasteiger partial charge in [0.05, 0.1) is 25.4 Å². The summed E-state index contributed by atoms with van der Waals surface area (Å²) in [6, 6.07) is 9.17. The van der Waals surface area contributed by atoms with Crippen molar-refractivity contribution in [3.05, 3.63) is 68.5 Å². The van der Waals surface area contributed by atoms with Gasteiger partial charge in [0.2, 0.25) is 0 Å². The first kappa shape index (κ1) is 25.6. The summed E-state index contributed by atoms with van der Waals surface area (Å²) < 4.78 is 22.5. The highest BCUT2D eigenvalue weighted by Gasteiger charge is 2.46. The van der Waals surface area contributed by atoms with Crippen LogP contribution in [0.15, 0.2) is 46.1 Å². The van der Waals surface area contributed by atoms with E-state index in [0.717, 1.165) is 5.56 Å². The Labute approximate surface area is 195 Å². The molecule has 2 aromatic rings. The molecule has 0 saturated carbocycles. The van der Waals surface area contributed by atoms with Crippen molar-refractivity contribution in [2.24, 2.45) is 0 Å². The average molecular weight is 479 g/mol. The van der Waals surface area contributed by atoms with Crippen LogP contribution in [-0.2, 0) is 32.1 Å². The van der Waals surface area contributed by atoms with E-state index in [1.807, 2.05) is 30.3 Å². The number of aliphatic hydroxyl groups excluding tert-OH is 2. The third-order valence-corrected chi connectivity index (χ3v) is 5.29. The minimum absolute atomic E-state index is 0.0386. The summed E-state index contributed by atoms with van der Waals surface area (Å²) in [5.74, 6) is 0. The molecule has 34 heavy (non-hydrogen) atoms. The van der Waals surface area contributed by atoms with Crippen molar-refractivity contribution in [1.82, 2.24) is 14.9 Å². The first-order chi connectivity index (χ1) is 16.4.